The maximum absolute atomic E-state index is 5.10. The Kier molecular flexibility index (Phi) is 7.43. The lowest BCUT2D eigenvalue weighted by molar-refractivity contribution is 0.674. The highest BCUT2D eigenvalue weighted by Crippen LogP contribution is 2.46. The van der Waals surface area contributed by atoms with Gasteiger partial charge in [0.25, 0.3) is 0 Å². The molecule has 270 valence electrons. The third-order valence-corrected chi connectivity index (χ3v) is 14.0. The highest BCUT2D eigenvalue weighted by molar-refractivity contribution is 7.27. The van der Waals surface area contributed by atoms with E-state index in [0.29, 0.717) is 0 Å². The number of allylic oxidation sites excluding steroid dienone is 1. The molecule has 2 aliphatic rings. The van der Waals surface area contributed by atoms with Gasteiger partial charge in [0.1, 0.15) is 12.0 Å². The van der Waals surface area contributed by atoms with Gasteiger partial charge in [-0.25, -0.2) is 9.98 Å². The first-order chi connectivity index (χ1) is 28.2. The van der Waals surface area contributed by atoms with E-state index in [1.807, 2.05) is 46.9 Å². The van der Waals surface area contributed by atoms with Crippen LogP contribution in [0.2, 0.25) is 0 Å². The molecule has 57 heavy (non-hydrogen) atoms. The number of aliphatic imine (C=N–C) groups is 2. The summed E-state index contributed by atoms with van der Waals surface area (Å²) in [5, 5.41) is 10.1. The van der Waals surface area contributed by atoms with Gasteiger partial charge >= 0.3 is 0 Å². The van der Waals surface area contributed by atoms with E-state index in [1.54, 1.807) is 0 Å². The van der Waals surface area contributed by atoms with Gasteiger partial charge in [0, 0.05) is 79.4 Å². The van der Waals surface area contributed by atoms with Crippen molar-refractivity contribution in [1.29, 1.82) is 0 Å². The molecule has 12 rings (SSSR count). The molecule has 10 aromatic rings. The maximum atomic E-state index is 5.10. The minimum Gasteiger partial charge on any atom is -0.344 e. The molecule has 3 aromatic heterocycles. The van der Waals surface area contributed by atoms with Crippen molar-refractivity contribution in [2.45, 2.75) is 19.0 Å². The first kappa shape index (κ1) is 32.6. The van der Waals surface area contributed by atoms with Crippen molar-refractivity contribution < 1.29 is 0 Å². The second kappa shape index (κ2) is 13.0. The van der Waals surface area contributed by atoms with Gasteiger partial charge in [-0.3, -0.25) is 0 Å². The Labute approximate surface area is 337 Å². The quantitative estimate of drug-likeness (QED) is 0.186. The average molecular weight is 767 g/mol. The lowest BCUT2D eigenvalue weighted by Crippen LogP contribution is -2.33. The fraction of sp³-hybridized carbons (Fsp3) is 0.0588. The smallest absolute Gasteiger partial charge is 0.159 e. The van der Waals surface area contributed by atoms with Gasteiger partial charge in [0.15, 0.2) is 5.84 Å². The van der Waals surface area contributed by atoms with E-state index < -0.39 is 0 Å². The second-order valence-electron chi connectivity index (χ2n) is 14.9. The molecule has 0 bridgehead atoms. The van der Waals surface area contributed by atoms with Crippen LogP contribution in [-0.4, -0.2) is 16.2 Å². The Bertz CT molecular complexity index is 3330. The SMILES string of the molecule is C1=Cc2c(c3ccccc3n2-c2ccc3c(c2)sc2c(-c4cccc5c4sc4ccc(C6=NC(c7ccccc7)=NC(c7ccccc7)N6)cc45)cccc23)CC1. The lowest BCUT2D eigenvalue weighted by atomic mass is 10.00. The highest BCUT2D eigenvalue weighted by Gasteiger charge is 2.23. The highest BCUT2D eigenvalue weighted by atomic mass is 32.1. The second-order valence-corrected chi connectivity index (χ2v) is 17.0. The zero-order valence-electron chi connectivity index (χ0n) is 30.8. The van der Waals surface area contributed by atoms with E-state index in [4.69, 9.17) is 9.98 Å². The molecule has 4 nitrogen and oxygen atoms in total. The molecule has 0 fully saturated rings. The van der Waals surface area contributed by atoms with Crippen LogP contribution in [-0.2, 0) is 6.42 Å². The Morgan fingerprint density at radius 3 is 2.12 bits per heavy atom. The van der Waals surface area contributed by atoms with Gasteiger partial charge in [-0.15, -0.1) is 22.7 Å². The molecule has 0 radical (unpaired) electrons. The summed E-state index contributed by atoms with van der Waals surface area (Å²) in [6.45, 7) is 0. The van der Waals surface area contributed by atoms with Crippen LogP contribution >= 0.6 is 22.7 Å². The predicted octanol–water partition coefficient (Wildman–Crippen LogP) is 13.5. The Morgan fingerprint density at radius 1 is 0.579 bits per heavy atom. The average Bonchev–Trinajstić information content (AvgIpc) is 3.96. The maximum Gasteiger partial charge on any atom is 0.159 e. The number of fused-ring (bicyclic) bond motifs is 9. The first-order valence-electron chi connectivity index (χ1n) is 19.5. The molecular formula is C51H34N4S2. The standard InChI is InChI=1S/C51H34N4S2/c1-3-13-31(14-4-1)49-52-50(32-15-5-2-6-16-32)54-51(53-49)33-25-28-45-42(29-33)41-22-12-21-40(48(41)56-45)39-20-11-19-38-37-27-26-34(30-46(37)57-47(38)39)55-43-23-9-7-17-35(43)36-18-8-10-24-44(36)55/h1-7,9-17,19-30,49H,8,18H2,(H,52,53,54). The summed E-state index contributed by atoms with van der Waals surface area (Å²) in [5.41, 5.74) is 11.0. The summed E-state index contributed by atoms with van der Waals surface area (Å²) in [4.78, 5) is 10.2. The molecule has 1 N–H and O–H groups in total. The monoisotopic (exact) mass is 766 g/mol. The van der Waals surface area contributed by atoms with Crippen molar-refractivity contribution in [1.82, 2.24) is 9.88 Å². The molecular weight excluding hydrogens is 733 g/mol. The van der Waals surface area contributed by atoms with Gasteiger partial charge in [-0.05, 0) is 66.4 Å². The fourth-order valence-corrected chi connectivity index (χ4v) is 11.4. The number of hydrogen-bond acceptors (Lipinski definition) is 5. The number of benzene rings is 7. The number of aryl methyl sites for hydroxylation is 1. The molecule has 6 heteroatoms. The number of para-hydroxylation sites is 1. The number of amidine groups is 2. The third kappa shape index (κ3) is 5.25. The van der Waals surface area contributed by atoms with Crippen molar-refractivity contribution >= 4 is 91.7 Å². The van der Waals surface area contributed by atoms with Crippen LogP contribution in [0.4, 0.5) is 0 Å². The molecule has 0 saturated carbocycles. The van der Waals surface area contributed by atoms with Gasteiger partial charge in [-0.2, -0.15) is 0 Å². The summed E-state index contributed by atoms with van der Waals surface area (Å²) in [5.74, 6) is 1.56. The summed E-state index contributed by atoms with van der Waals surface area (Å²) in [6, 6.07) is 57.0. The fourth-order valence-electron chi connectivity index (χ4n) is 8.88. The number of nitrogens with one attached hydrogen (secondary N) is 1. The van der Waals surface area contributed by atoms with E-state index in [-0.39, 0.29) is 6.17 Å². The van der Waals surface area contributed by atoms with Crippen molar-refractivity contribution in [3.8, 4) is 16.8 Å². The summed E-state index contributed by atoms with van der Waals surface area (Å²) in [7, 11) is 0. The van der Waals surface area contributed by atoms with Crippen LogP contribution < -0.4 is 5.32 Å². The Hall–Kier alpha value is -6.60. The summed E-state index contributed by atoms with van der Waals surface area (Å²) >= 11 is 3.78. The molecule has 4 heterocycles. The van der Waals surface area contributed by atoms with Gasteiger partial charge < -0.3 is 9.88 Å². The molecule has 1 aliphatic carbocycles. The van der Waals surface area contributed by atoms with E-state index in [1.165, 1.54) is 79.3 Å². The van der Waals surface area contributed by atoms with Crippen molar-refractivity contribution in [3.63, 3.8) is 0 Å². The molecule has 0 amide bonds. The van der Waals surface area contributed by atoms with Gasteiger partial charge in [0.2, 0.25) is 0 Å². The van der Waals surface area contributed by atoms with E-state index in [0.717, 1.165) is 41.2 Å². The van der Waals surface area contributed by atoms with Crippen LogP contribution in [0.3, 0.4) is 0 Å². The van der Waals surface area contributed by atoms with Crippen LogP contribution in [0, 0.1) is 0 Å². The number of rotatable bonds is 5. The van der Waals surface area contributed by atoms with Crippen LogP contribution in [0.25, 0.3) is 74.1 Å². The zero-order chi connectivity index (χ0) is 37.5. The molecule has 1 aliphatic heterocycles. The van der Waals surface area contributed by atoms with E-state index >= 15 is 0 Å². The minimum atomic E-state index is -0.238. The first-order valence-corrected chi connectivity index (χ1v) is 21.1. The largest absolute Gasteiger partial charge is 0.344 e. The van der Waals surface area contributed by atoms with E-state index in [9.17, 15) is 0 Å². The van der Waals surface area contributed by atoms with Gasteiger partial charge in [-0.1, -0.05) is 127 Å². The number of thiophene rings is 2. The Balaban J connectivity index is 0.969. The van der Waals surface area contributed by atoms with Crippen LogP contribution in [0.5, 0.6) is 0 Å². The molecule has 0 saturated heterocycles. The van der Waals surface area contributed by atoms with Crippen LogP contribution in [0.1, 0.15) is 40.5 Å². The number of nitrogens with zero attached hydrogens (tertiary/aromatic N) is 3. The Morgan fingerprint density at radius 2 is 1.30 bits per heavy atom. The minimum absolute atomic E-state index is 0.238. The molecule has 7 aromatic carbocycles. The molecule has 0 spiro atoms. The van der Waals surface area contributed by atoms with Crippen molar-refractivity contribution in [3.05, 3.63) is 192 Å². The molecule has 1 unspecified atom stereocenters. The predicted molar refractivity (Wildman–Crippen MR) is 244 cm³/mol. The zero-order valence-corrected chi connectivity index (χ0v) is 32.4. The summed E-state index contributed by atoms with van der Waals surface area (Å²) < 4.78 is 7.67. The third-order valence-electron chi connectivity index (χ3n) is 11.5. The molecule has 1 atom stereocenters. The van der Waals surface area contributed by atoms with Crippen molar-refractivity contribution in [2.75, 3.05) is 0 Å². The number of aromatic nitrogens is 1. The number of hydrogen-bond donors (Lipinski definition) is 1. The normalized spacial score (nSPS) is 15.3. The lowest BCUT2D eigenvalue weighted by Gasteiger charge is -2.23. The summed E-state index contributed by atoms with van der Waals surface area (Å²) in [6.07, 6.45) is 6.58. The van der Waals surface area contributed by atoms with Crippen molar-refractivity contribution in [2.24, 2.45) is 9.98 Å². The van der Waals surface area contributed by atoms with E-state index in [2.05, 4.69) is 155 Å². The van der Waals surface area contributed by atoms with Crippen LogP contribution in [0.15, 0.2) is 174 Å². The van der Waals surface area contributed by atoms with Gasteiger partial charge in [0.05, 0.1) is 5.52 Å². The topological polar surface area (TPSA) is 41.7 Å².